The zero-order valence-corrected chi connectivity index (χ0v) is 20.6. The highest BCUT2D eigenvalue weighted by Crippen LogP contribution is 2.36. The maximum Gasteiger partial charge on any atom is 0.248 e. The summed E-state index contributed by atoms with van der Waals surface area (Å²) in [6, 6.07) is 9.99. The molecule has 2 N–H and O–H groups in total. The zero-order chi connectivity index (χ0) is 24.8. The number of nitriles is 1. The van der Waals surface area contributed by atoms with Crippen LogP contribution in [0.2, 0.25) is 0 Å². The molecule has 2 heterocycles. The standard InChI is InChI=1S/C25H23BrFN5O3/c1-34-23-13-21-18(12-22(23)31-24(33)3-2-6-32-7-9-35-10-8-32)25(16(14-28)15-29-21)30-17-4-5-20(27)19(26)11-17/h2-5,11-13,15H,6-10H2,1H3,(H,29,30)(H,31,33). The van der Waals surface area contributed by atoms with Crippen molar-refractivity contribution in [2.45, 2.75) is 0 Å². The molecule has 1 saturated heterocycles. The highest BCUT2D eigenvalue weighted by molar-refractivity contribution is 9.10. The number of carbonyl (C=O) groups is 1. The molecule has 1 aliphatic heterocycles. The molecule has 0 spiro atoms. The summed E-state index contributed by atoms with van der Waals surface area (Å²) in [4.78, 5) is 19.2. The van der Waals surface area contributed by atoms with Crippen molar-refractivity contribution < 1.29 is 18.7 Å². The summed E-state index contributed by atoms with van der Waals surface area (Å²) in [5.74, 6) is -0.274. The summed E-state index contributed by atoms with van der Waals surface area (Å²) in [5.41, 5.74) is 2.35. The second-order valence-corrected chi connectivity index (χ2v) is 8.64. The normalized spacial score (nSPS) is 14.1. The van der Waals surface area contributed by atoms with Gasteiger partial charge in [0.1, 0.15) is 17.6 Å². The van der Waals surface area contributed by atoms with Gasteiger partial charge in [0.05, 0.1) is 47.3 Å². The van der Waals surface area contributed by atoms with Crippen LogP contribution in [-0.4, -0.2) is 55.7 Å². The molecule has 1 fully saturated rings. The molecular formula is C25H23BrFN5O3. The molecule has 0 unspecified atom stereocenters. The number of carbonyl (C=O) groups excluding carboxylic acids is 1. The number of anilines is 3. The minimum absolute atomic E-state index is 0.290. The van der Waals surface area contributed by atoms with Crippen LogP contribution in [-0.2, 0) is 9.53 Å². The number of aromatic nitrogens is 1. The third kappa shape index (κ3) is 5.95. The summed E-state index contributed by atoms with van der Waals surface area (Å²) in [7, 11) is 1.50. The number of nitrogens with one attached hydrogen (secondary N) is 2. The van der Waals surface area contributed by atoms with Crippen LogP contribution < -0.4 is 15.4 Å². The van der Waals surface area contributed by atoms with Crippen molar-refractivity contribution in [3.05, 3.63) is 64.5 Å². The first-order chi connectivity index (χ1) is 17.0. The van der Waals surface area contributed by atoms with Crippen LogP contribution >= 0.6 is 15.9 Å². The van der Waals surface area contributed by atoms with E-state index in [9.17, 15) is 14.4 Å². The molecule has 0 saturated carbocycles. The van der Waals surface area contributed by atoms with E-state index in [1.807, 2.05) is 6.08 Å². The lowest BCUT2D eigenvalue weighted by molar-refractivity contribution is -0.111. The fourth-order valence-corrected chi connectivity index (χ4v) is 4.07. The van der Waals surface area contributed by atoms with Gasteiger partial charge in [-0.2, -0.15) is 5.26 Å². The summed E-state index contributed by atoms with van der Waals surface area (Å²) >= 11 is 3.18. The van der Waals surface area contributed by atoms with E-state index in [1.54, 1.807) is 24.3 Å². The second kappa shape index (κ2) is 11.3. The lowest BCUT2D eigenvalue weighted by Crippen LogP contribution is -2.36. The van der Waals surface area contributed by atoms with Gasteiger partial charge in [0.2, 0.25) is 5.91 Å². The van der Waals surface area contributed by atoms with E-state index in [0.717, 1.165) is 13.1 Å². The van der Waals surface area contributed by atoms with E-state index < -0.39 is 5.82 Å². The van der Waals surface area contributed by atoms with E-state index in [1.165, 1.54) is 25.4 Å². The Morgan fingerprint density at radius 3 is 2.86 bits per heavy atom. The molecule has 3 aromatic rings. The summed E-state index contributed by atoms with van der Waals surface area (Å²) in [5, 5.41) is 16.3. The molecule has 0 atom stereocenters. The Kier molecular flexibility index (Phi) is 7.92. The fraction of sp³-hybridized carbons (Fsp3) is 0.240. The summed E-state index contributed by atoms with van der Waals surface area (Å²) in [6.45, 7) is 3.71. The van der Waals surface area contributed by atoms with E-state index in [0.29, 0.717) is 59.0 Å². The number of benzene rings is 2. The van der Waals surface area contributed by atoms with Gasteiger partial charge in [0.25, 0.3) is 0 Å². The van der Waals surface area contributed by atoms with Crippen LogP contribution in [0, 0.1) is 17.1 Å². The van der Waals surface area contributed by atoms with Crippen LogP contribution in [0.15, 0.2) is 53.2 Å². The van der Waals surface area contributed by atoms with E-state index in [2.05, 4.69) is 42.5 Å². The topological polar surface area (TPSA) is 99.5 Å². The number of ether oxygens (including phenoxy) is 2. The van der Waals surface area contributed by atoms with Crippen LogP contribution in [0.1, 0.15) is 5.56 Å². The highest BCUT2D eigenvalue weighted by Gasteiger charge is 2.15. The lowest BCUT2D eigenvalue weighted by Gasteiger charge is -2.25. The van der Waals surface area contributed by atoms with Gasteiger partial charge in [-0.15, -0.1) is 0 Å². The minimum Gasteiger partial charge on any atom is -0.494 e. The number of fused-ring (bicyclic) bond motifs is 1. The van der Waals surface area contributed by atoms with Crippen LogP contribution in [0.25, 0.3) is 10.9 Å². The highest BCUT2D eigenvalue weighted by atomic mass is 79.9. The third-order valence-electron chi connectivity index (χ3n) is 5.49. The van der Waals surface area contributed by atoms with Crippen molar-refractivity contribution in [3.63, 3.8) is 0 Å². The number of hydrogen-bond donors (Lipinski definition) is 2. The van der Waals surface area contributed by atoms with Gasteiger partial charge in [0, 0.05) is 49.0 Å². The molecule has 180 valence electrons. The van der Waals surface area contributed by atoms with Crippen molar-refractivity contribution >= 4 is 49.8 Å². The SMILES string of the molecule is COc1cc2ncc(C#N)c(Nc3ccc(F)c(Br)c3)c2cc1NC(=O)C=CCN1CCOCC1. The Balaban J connectivity index is 1.63. The maximum absolute atomic E-state index is 13.7. The Labute approximate surface area is 210 Å². The van der Waals surface area contributed by atoms with Crippen LogP contribution in [0.3, 0.4) is 0 Å². The molecule has 2 aromatic carbocycles. The van der Waals surface area contributed by atoms with Crippen molar-refractivity contribution in [1.82, 2.24) is 9.88 Å². The first-order valence-corrected chi connectivity index (χ1v) is 11.7. The zero-order valence-electron chi connectivity index (χ0n) is 19.0. The number of hydrogen-bond acceptors (Lipinski definition) is 7. The predicted octanol–water partition coefficient (Wildman–Crippen LogP) is 4.59. The second-order valence-electron chi connectivity index (χ2n) is 7.79. The molecule has 0 bridgehead atoms. The molecule has 0 aliphatic carbocycles. The number of morpholine rings is 1. The molecule has 1 aromatic heterocycles. The van der Waals surface area contributed by atoms with Gasteiger partial charge in [-0.25, -0.2) is 4.39 Å². The van der Waals surface area contributed by atoms with Gasteiger partial charge >= 0.3 is 0 Å². The largest absolute Gasteiger partial charge is 0.494 e. The molecule has 8 nitrogen and oxygen atoms in total. The van der Waals surface area contributed by atoms with E-state index in [-0.39, 0.29) is 10.4 Å². The summed E-state index contributed by atoms with van der Waals surface area (Å²) < 4.78 is 24.8. The van der Waals surface area contributed by atoms with Crippen molar-refractivity contribution in [2.24, 2.45) is 0 Å². The Morgan fingerprint density at radius 2 is 2.14 bits per heavy atom. The molecule has 1 amide bonds. The predicted molar refractivity (Wildman–Crippen MR) is 135 cm³/mol. The third-order valence-corrected chi connectivity index (χ3v) is 6.10. The molecule has 10 heteroatoms. The maximum atomic E-state index is 13.7. The average Bonchev–Trinajstić information content (AvgIpc) is 2.87. The number of halogens is 2. The van der Waals surface area contributed by atoms with Crippen molar-refractivity contribution in [2.75, 3.05) is 50.6 Å². The van der Waals surface area contributed by atoms with Crippen molar-refractivity contribution in [3.8, 4) is 11.8 Å². The Morgan fingerprint density at radius 1 is 1.34 bits per heavy atom. The lowest BCUT2D eigenvalue weighted by atomic mass is 10.1. The number of nitrogens with zero attached hydrogens (tertiary/aromatic N) is 3. The number of rotatable bonds is 7. The number of methoxy groups -OCH3 is 1. The van der Waals surface area contributed by atoms with E-state index in [4.69, 9.17) is 9.47 Å². The number of amides is 1. The van der Waals surface area contributed by atoms with Gasteiger partial charge < -0.3 is 20.1 Å². The first-order valence-electron chi connectivity index (χ1n) is 10.9. The van der Waals surface area contributed by atoms with Crippen LogP contribution in [0.4, 0.5) is 21.5 Å². The molecule has 1 aliphatic rings. The molecular weight excluding hydrogens is 517 g/mol. The minimum atomic E-state index is -0.396. The summed E-state index contributed by atoms with van der Waals surface area (Å²) in [6.07, 6.45) is 4.75. The average molecular weight is 540 g/mol. The van der Waals surface area contributed by atoms with Gasteiger partial charge in [0.15, 0.2) is 0 Å². The monoisotopic (exact) mass is 539 g/mol. The van der Waals surface area contributed by atoms with Crippen LogP contribution in [0.5, 0.6) is 5.75 Å². The number of pyridine rings is 1. The smallest absolute Gasteiger partial charge is 0.248 e. The molecule has 35 heavy (non-hydrogen) atoms. The van der Waals surface area contributed by atoms with Gasteiger partial charge in [-0.05, 0) is 40.2 Å². The van der Waals surface area contributed by atoms with E-state index >= 15 is 0 Å². The Hall–Kier alpha value is -3.52. The Bertz CT molecular complexity index is 1320. The first kappa shape index (κ1) is 24.6. The van der Waals surface area contributed by atoms with Gasteiger partial charge in [-0.1, -0.05) is 6.08 Å². The molecule has 0 radical (unpaired) electrons. The fourth-order valence-electron chi connectivity index (χ4n) is 3.69. The van der Waals surface area contributed by atoms with Gasteiger partial charge in [-0.3, -0.25) is 14.7 Å². The van der Waals surface area contributed by atoms with Crippen molar-refractivity contribution in [1.29, 1.82) is 5.26 Å². The quantitative estimate of drug-likeness (QED) is 0.423. The molecule has 4 rings (SSSR count).